The molecule has 1 aliphatic carbocycles. The molecule has 3 atom stereocenters. The van der Waals surface area contributed by atoms with E-state index in [9.17, 15) is 18.0 Å². The van der Waals surface area contributed by atoms with Gasteiger partial charge in [-0.3, -0.25) is 4.79 Å². The van der Waals surface area contributed by atoms with Gasteiger partial charge in [0.2, 0.25) is 5.91 Å². The normalized spacial score (nSPS) is 19.6. The predicted molar refractivity (Wildman–Crippen MR) is 142 cm³/mol. The number of hydrogen-bond donors (Lipinski definition) is 1. The molecule has 38 heavy (non-hydrogen) atoms. The summed E-state index contributed by atoms with van der Waals surface area (Å²) in [4.78, 5) is 16.1. The van der Waals surface area contributed by atoms with Crippen molar-refractivity contribution in [1.82, 2.24) is 10.2 Å². The largest absolute Gasteiger partial charge is 0.380 e. The van der Waals surface area contributed by atoms with E-state index in [0.29, 0.717) is 30.8 Å². The number of rotatable bonds is 10. The molecule has 1 amide bonds. The first-order chi connectivity index (χ1) is 18.4. The minimum Gasteiger partial charge on any atom is -0.380 e. The Balaban J connectivity index is 1.58. The molecule has 7 heteroatoms. The highest BCUT2D eigenvalue weighted by Gasteiger charge is 2.38. The van der Waals surface area contributed by atoms with Crippen molar-refractivity contribution in [3.8, 4) is 0 Å². The molecule has 3 unspecified atom stereocenters. The lowest BCUT2D eigenvalue weighted by molar-refractivity contribution is -0.127. The van der Waals surface area contributed by atoms with Crippen LogP contribution in [0.1, 0.15) is 54.8 Å². The third-order valence-electron chi connectivity index (χ3n) is 7.57. The van der Waals surface area contributed by atoms with Crippen LogP contribution in [0.5, 0.6) is 0 Å². The van der Waals surface area contributed by atoms with Crippen molar-refractivity contribution >= 4 is 5.91 Å². The van der Waals surface area contributed by atoms with E-state index in [0.717, 1.165) is 24.9 Å². The molecule has 4 rings (SSSR count). The molecule has 1 N–H and O–H groups in total. The van der Waals surface area contributed by atoms with Gasteiger partial charge < -0.3 is 15.0 Å². The second kappa shape index (κ2) is 13.1. The van der Waals surface area contributed by atoms with Gasteiger partial charge in [-0.15, -0.1) is 0 Å². The average Bonchev–Trinajstić information content (AvgIpc) is 2.93. The highest BCUT2D eigenvalue weighted by atomic mass is 19.1. The Kier molecular flexibility index (Phi) is 9.58. The van der Waals surface area contributed by atoms with Crippen molar-refractivity contribution < 1.29 is 22.7 Å². The number of benzene rings is 3. The van der Waals surface area contributed by atoms with Crippen LogP contribution in [0.3, 0.4) is 0 Å². The van der Waals surface area contributed by atoms with Gasteiger partial charge in [0.1, 0.15) is 17.5 Å². The Morgan fingerprint density at radius 3 is 1.95 bits per heavy atom. The fourth-order valence-electron chi connectivity index (χ4n) is 5.40. The van der Waals surface area contributed by atoms with E-state index in [1.54, 1.807) is 36.4 Å². The zero-order valence-electron chi connectivity index (χ0n) is 21.9. The number of nitrogens with zero attached hydrogens (tertiary/aromatic N) is 1. The Morgan fingerprint density at radius 1 is 0.895 bits per heavy atom. The van der Waals surface area contributed by atoms with Crippen LogP contribution in [0.15, 0.2) is 72.8 Å². The summed E-state index contributed by atoms with van der Waals surface area (Å²) in [7, 11) is 2.07. The maximum Gasteiger partial charge on any atom is 0.224 e. The smallest absolute Gasteiger partial charge is 0.224 e. The molecule has 0 radical (unpaired) electrons. The highest BCUT2D eigenvalue weighted by Crippen LogP contribution is 2.40. The van der Waals surface area contributed by atoms with Gasteiger partial charge in [0.05, 0.1) is 12.6 Å². The minimum atomic E-state index is -0.566. The van der Waals surface area contributed by atoms with Gasteiger partial charge in [-0.25, -0.2) is 13.2 Å². The standard InChI is InChI=1S/C31H35F3N2O2/c1-3-38-19-18-36(2)27-16-17-28(29(20-27)21-4-10-24(32)11-5-21)31(37)35-30(22-6-12-25(33)13-7-22)23-8-14-26(34)15-9-23/h4-15,27-30H,3,16-20H2,1-2H3,(H,35,37). The first kappa shape index (κ1) is 27.9. The summed E-state index contributed by atoms with van der Waals surface area (Å²) >= 11 is 0. The number of likely N-dealkylation sites (N-methyl/N-ethyl adjacent to an activating group) is 1. The Labute approximate surface area is 222 Å². The molecule has 0 bridgehead atoms. The molecule has 3 aromatic carbocycles. The SMILES string of the molecule is CCOCCN(C)C1CCC(C(=O)NC(c2ccc(F)cc2)c2ccc(F)cc2)C(c2ccc(F)cc2)C1. The molecular weight excluding hydrogens is 489 g/mol. The number of nitrogens with one attached hydrogen (secondary N) is 1. The lowest BCUT2D eigenvalue weighted by Gasteiger charge is -2.40. The quantitative estimate of drug-likeness (QED) is 0.320. The number of halogens is 3. The zero-order valence-corrected chi connectivity index (χ0v) is 21.9. The molecule has 202 valence electrons. The first-order valence-corrected chi connectivity index (χ1v) is 13.2. The van der Waals surface area contributed by atoms with Gasteiger partial charge in [-0.05, 0) is 92.2 Å². The number of carbonyl (C=O) groups excluding carboxylic acids is 1. The maximum atomic E-state index is 13.9. The van der Waals surface area contributed by atoms with Crippen molar-refractivity contribution in [1.29, 1.82) is 0 Å². The Morgan fingerprint density at radius 2 is 1.42 bits per heavy atom. The summed E-state index contributed by atoms with van der Waals surface area (Å²) in [6.45, 7) is 4.08. The molecule has 4 nitrogen and oxygen atoms in total. The molecule has 3 aromatic rings. The molecule has 0 heterocycles. The van der Waals surface area contributed by atoms with Gasteiger partial charge in [-0.2, -0.15) is 0 Å². The van der Waals surface area contributed by atoms with Crippen LogP contribution < -0.4 is 5.32 Å². The van der Waals surface area contributed by atoms with Crippen LogP contribution in [0, 0.1) is 23.4 Å². The highest BCUT2D eigenvalue weighted by molar-refractivity contribution is 5.81. The molecule has 0 saturated heterocycles. The molecule has 1 saturated carbocycles. The van der Waals surface area contributed by atoms with Crippen molar-refractivity contribution in [2.45, 2.75) is 44.2 Å². The molecule has 0 aromatic heterocycles. The second-order valence-electron chi connectivity index (χ2n) is 9.95. The Bertz CT molecular complexity index is 1120. The van der Waals surface area contributed by atoms with Crippen molar-refractivity contribution in [2.75, 3.05) is 26.8 Å². The van der Waals surface area contributed by atoms with Crippen molar-refractivity contribution in [2.24, 2.45) is 5.92 Å². The summed E-state index contributed by atoms with van der Waals surface area (Å²) in [5.41, 5.74) is 2.33. The van der Waals surface area contributed by atoms with Crippen LogP contribution in [-0.2, 0) is 9.53 Å². The van der Waals surface area contributed by atoms with E-state index in [1.165, 1.54) is 36.4 Å². The summed E-state index contributed by atoms with van der Waals surface area (Å²) in [5.74, 6) is -1.63. The molecule has 0 aliphatic heterocycles. The number of hydrogen-bond acceptors (Lipinski definition) is 3. The van der Waals surface area contributed by atoms with Gasteiger partial charge in [0.15, 0.2) is 0 Å². The fourth-order valence-corrected chi connectivity index (χ4v) is 5.40. The topological polar surface area (TPSA) is 41.6 Å². The second-order valence-corrected chi connectivity index (χ2v) is 9.95. The third-order valence-corrected chi connectivity index (χ3v) is 7.57. The van der Waals surface area contributed by atoms with Gasteiger partial charge in [-0.1, -0.05) is 36.4 Å². The van der Waals surface area contributed by atoms with E-state index in [1.807, 2.05) is 6.92 Å². The maximum absolute atomic E-state index is 13.9. The molecule has 1 aliphatic rings. The van der Waals surface area contributed by atoms with Gasteiger partial charge in [0, 0.05) is 25.1 Å². The number of amides is 1. The first-order valence-electron chi connectivity index (χ1n) is 13.2. The third kappa shape index (κ3) is 7.03. The minimum absolute atomic E-state index is 0.106. The Hall–Kier alpha value is -3.16. The van der Waals surface area contributed by atoms with Crippen LogP contribution in [0.2, 0.25) is 0 Å². The van der Waals surface area contributed by atoms with Crippen LogP contribution in [-0.4, -0.2) is 43.7 Å². The average molecular weight is 525 g/mol. The van der Waals surface area contributed by atoms with Gasteiger partial charge in [0.25, 0.3) is 0 Å². The zero-order chi connectivity index (χ0) is 27.1. The van der Waals surface area contributed by atoms with Crippen LogP contribution >= 0.6 is 0 Å². The lowest BCUT2D eigenvalue weighted by Crippen LogP contribution is -2.44. The summed E-state index contributed by atoms with van der Waals surface area (Å²) in [6, 6.07) is 18.0. The van der Waals surface area contributed by atoms with Crippen LogP contribution in [0.25, 0.3) is 0 Å². The van der Waals surface area contributed by atoms with E-state index in [4.69, 9.17) is 4.74 Å². The van der Waals surface area contributed by atoms with Crippen LogP contribution in [0.4, 0.5) is 13.2 Å². The predicted octanol–water partition coefficient (Wildman–Crippen LogP) is 6.23. The number of carbonyl (C=O) groups is 1. The monoisotopic (exact) mass is 524 g/mol. The van der Waals surface area contributed by atoms with Crippen molar-refractivity contribution in [3.63, 3.8) is 0 Å². The van der Waals surface area contributed by atoms with Crippen molar-refractivity contribution in [3.05, 3.63) is 107 Å². The van der Waals surface area contributed by atoms with E-state index in [2.05, 4.69) is 17.3 Å². The molecule has 1 fully saturated rings. The summed E-state index contributed by atoms with van der Waals surface area (Å²) in [6.07, 6.45) is 2.26. The molecular formula is C31H35F3N2O2. The lowest BCUT2D eigenvalue weighted by atomic mass is 9.72. The summed E-state index contributed by atoms with van der Waals surface area (Å²) in [5, 5.41) is 3.16. The molecule has 0 spiro atoms. The van der Waals surface area contributed by atoms with E-state index in [-0.39, 0.29) is 41.2 Å². The van der Waals surface area contributed by atoms with E-state index < -0.39 is 6.04 Å². The fraction of sp³-hybridized carbons (Fsp3) is 0.387. The summed E-state index contributed by atoms with van der Waals surface area (Å²) < 4.78 is 46.6. The van der Waals surface area contributed by atoms with E-state index >= 15 is 0 Å². The van der Waals surface area contributed by atoms with Gasteiger partial charge >= 0.3 is 0 Å². The number of ether oxygens (including phenoxy) is 1.